The van der Waals surface area contributed by atoms with Gasteiger partial charge in [0.2, 0.25) is 11.8 Å². The Morgan fingerprint density at radius 2 is 2.00 bits per heavy atom. The molecule has 0 radical (unpaired) electrons. The molecular formula is C20H28N4O3. The number of hydrogen-bond acceptors (Lipinski definition) is 5. The molecular weight excluding hydrogens is 344 g/mol. The molecule has 1 heterocycles. The second-order valence-corrected chi connectivity index (χ2v) is 7.37. The Morgan fingerprint density at radius 3 is 2.59 bits per heavy atom. The molecule has 146 valence electrons. The largest absolute Gasteiger partial charge is 0.350 e. The van der Waals surface area contributed by atoms with E-state index in [9.17, 15) is 14.4 Å². The Kier molecular flexibility index (Phi) is 7.24. The van der Waals surface area contributed by atoms with Gasteiger partial charge in [-0.25, -0.2) is 0 Å². The van der Waals surface area contributed by atoms with E-state index in [0.29, 0.717) is 43.7 Å². The fourth-order valence-electron chi connectivity index (χ4n) is 3.30. The van der Waals surface area contributed by atoms with Crippen LogP contribution in [-0.4, -0.2) is 47.3 Å². The normalized spacial score (nSPS) is 17.6. The van der Waals surface area contributed by atoms with Crippen molar-refractivity contribution in [3.63, 3.8) is 0 Å². The highest BCUT2D eigenvalue weighted by molar-refractivity contribution is 6.34. The van der Waals surface area contributed by atoms with Crippen molar-refractivity contribution >= 4 is 23.8 Å². The van der Waals surface area contributed by atoms with Gasteiger partial charge in [0.05, 0.1) is 6.04 Å². The SMILES string of the molecule is CC(C)CC(N)C(=O)N1CCCC1C(=O)NCc1ccc(C(=N)C=O)cc1. The number of nitrogens with one attached hydrogen (secondary N) is 2. The van der Waals surface area contributed by atoms with Crippen molar-refractivity contribution < 1.29 is 14.4 Å². The number of rotatable bonds is 8. The third-order valence-corrected chi connectivity index (χ3v) is 4.73. The van der Waals surface area contributed by atoms with Crippen LogP contribution in [0.3, 0.4) is 0 Å². The molecule has 1 fully saturated rings. The second kappa shape index (κ2) is 9.41. The van der Waals surface area contributed by atoms with Gasteiger partial charge in [-0.05, 0) is 30.7 Å². The van der Waals surface area contributed by atoms with Gasteiger partial charge in [0.15, 0.2) is 6.29 Å². The van der Waals surface area contributed by atoms with E-state index in [0.717, 1.165) is 12.0 Å². The number of hydrogen-bond donors (Lipinski definition) is 3. The standard InChI is InChI=1S/C20H28N4O3/c1-13(2)10-16(21)20(27)24-9-3-4-18(24)19(26)23-11-14-5-7-15(8-6-14)17(22)12-25/h5-8,12-13,16,18,22H,3-4,9-11,21H2,1-2H3,(H,23,26). The van der Waals surface area contributed by atoms with E-state index >= 15 is 0 Å². The van der Waals surface area contributed by atoms with Crippen LogP contribution in [0.15, 0.2) is 24.3 Å². The first-order valence-corrected chi connectivity index (χ1v) is 9.30. The molecule has 1 aliphatic heterocycles. The molecule has 2 rings (SSSR count). The summed E-state index contributed by atoms with van der Waals surface area (Å²) < 4.78 is 0. The van der Waals surface area contributed by atoms with E-state index in [1.54, 1.807) is 29.2 Å². The maximum Gasteiger partial charge on any atom is 0.243 e. The fourth-order valence-corrected chi connectivity index (χ4v) is 3.30. The minimum Gasteiger partial charge on any atom is -0.350 e. The first-order chi connectivity index (χ1) is 12.8. The monoisotopic (exact) mass is 372 g/mol. The molecule has 7 nitrogen and oxygen atoms in total. The summed E-state index contributed by atoms with van der Waals surface area (Å²) in [5.41, 5.74) is 7.32. The first kappa shape index (κ1) is 20.8. The van der Waals surface area contributed by atoms with Crippen LogP contribution in [0.1, 0.15) is 44.2 Å². The Labute approximate surface area is 159 Å². The summed E-state index contributed by atoms with van der Waals surface area (Å²) in [5, 5.41) is 10.4. The summed E-state index contributed by atoms with van der Waals surface area (Å²) in [5.74, 6) is -0.0112. The predicted octanol–water partition coefficient (Wildman–Crippen LogP) is 1.23. The lowest BCUT2D eigenvalue weighted by molar-refractivity contribution is -0.139. The summed E-state index contributed by atoms with van der Waals surface area (Å²) in [6, 6.07) is 5.84. The number of aldehydes is 1. The van der Waals surface area contributed by atoms with Gasteiger partial charge in [-0.2, -0.15) is 0 Å². The molecule has 2 atom stereocenters. The van der Waals surface area contributed by atoms with E-state index in [2.05, 4.69) is 5.32 Å². The molecule has 27 heavy (non-hydrogen) atoms. The Balaban J connectivity index is 1.93. The van der Waals surface area contributed by atoms with E-state index in [1.165, 1.54) is 0 Å². The average molecular weight is 372 g/mol. The van der Waals surface area contributed by atoms with Gasteiger partial charge in [0.1, 0.15) is 11.8 Å². The summed E-state index contributed by atoms with van der Waals surface area (Å²) in [4.78, 5) is 37.4. The number of carbonyl (C=O) groups is 3. The summed E-state index contributed by atoms with van der Waals surface area (Å²) in [6.45, 7) is 4.92. The van der Waals surface area contributed by atoms with E-state index in [-0.39, 0.29) is 17.5 Å². The quantitative estimate of drug-likeness (QED) is 0.470. The molecule has 0 aromatic heterocycles. The van der Waals surface area contributed by atoms with Gasteiger partial charge in [0, 0.05) is 18.7 Å². The summed E-state index contributed by atoms with van der Waals surface area (Å²) in [7, 11) is 0. The van der Waals surface area contributed by atoms with Crippen LogP contribution in [0, 0.1) is 11.3 Å². The molecule has 0 aliphatic carbocycles. The second-order valence-electron chi connectivity index (χ2n) is 7.37. The highest BCUT2D eigenvalue weighted by atomic mass is 16.2. The van der Waals surface area contributed by atoms with Crippen LogP contribution in [0.4, 0.5) is 0 Å². The van der Waals surface area contributed by atoms with Crippen molar-refractivity contribution in [1.29, 1.82) is 5.41 Å². The Morgan fingerprint density at radius 1 is 1.33 bits per heavy atom. The van der Waals surface area contributed by atoms with E-state index in [1.807, 2.05) is 13.8 Å². The van der Waals surface area contributed by atoms with Crippen LogP contribution in [0.25, 0.3) is 0 Å². The number of benzene rings is 1. The summed E-state index contributed by atoms with van der Waals surface area (Å²) >= 11 is 0. The first-order valence-electron chi connectivity index (χ1n) is 9.30. The topological polar surface area (TPSA) is 116 Å². The molecule has 2 amide bonds. The maximum atomic E-state index is 12.6. The smallest absolute Gasteiger partial charge is 0.243 e. The zero-order valence-corrected chi connectivity index (χ0v) is 15.9. The van der Waals surface area contributed by atoms with Crippen molar-refractivity contribution in [2.24, 2.45) is 11.7 Å². The number of amides is 2. The van der Waals surface area contributed by atoms with Crippen molar-refractivity contribution in [1.82, 2.24) is 10.2 Å². The van der Waals surface area contributed by atoms with Crippen molar-refractivity contribution in [3.05, 3.63) is 35.4 Å². The minimum atomic E-state index is -0.570. The molecule has 1 aromatic rings. The summed E-state index contributed by atoms with van der Waals surface area (Å²) in [6.07, 6.45) is 2.53. The molecule has 0 bridgehead atoms. The molecule has 4 N–H and O–H groups in total. The van der Waals surface area contributed by atoms with Gasteiger partial charge in [-0.1, -0.05) is 38.1 Å². The fraction of sp³-hybridized carbons (Fsp3) is 0.500. The number of carbonyl (C=O) groups excluding carboxylic acids is 3. The van der Waals surface area contributed by atoms with Crippen LogP contribution < -0.4 is 11.1 Å². The molecule has 2 unspecified atom stereocenters. The van der Waals surface area contributed by atoms with Crippen molar-refractivity contribution in [2.45, 2.75) is 51.7 Å². The number of nitrogens with two attached hydrogens (primary N) is 1. The van der Waals surface area contributed by atoms with Crippen LogP contribution in [0.2, 0.25) is 0 Å². The van der Waals surface area contributed by atoms with Gasteiger partial charge in [-0.3, -0.25) is 19.8 Å². The zero-order valence-electron chi connectivity index (χ0n) is 15.9. The Hall–Kier alpha value is -2.54. The van der Waals surface area contributed by atoms with Gasteiger partial charge in [-0.15, -0.1) is 0 Å². The lowest BCUT2D eigenvalue weighted by Gasteiger charge is -2.27. The van der Waals surface area contributed by atoms with Crippen molar-refractivity contribution in [2.75, 3.05) is 6.54 Å². The van der Waals surface area contributed by atoms with Crippen LogP contribution in [-0.2, 0) is 20.9 Å². The van der Waals surface area contributed by atoms with Crippen LogP contribution >= 0.6 is 0 Å². The lowest BCUT2D eigenvalue weighted by atomic mass is 10.0. The molecule has 0 saturated carbocycles. The van der Waals surface area contributed by atoms with E-state index < -0.39 is 12.1 Å². The van der Waals surface area contributed by atoms with Gasteiger partial charge >= 0.3 is 0 Å². The molecule has 1 aromatic carbocycles. The number of likely N-dealkylation sites (tertiary alicyclic amines) is 1. The van der Waals surface area contributed by atoms with Crippen molar-refractivity contribution in [3.8, 4) is 0 Å². The average Bonchev–Trinajstić information content (AvgIpc) is 3.14. The van der Waals surface area contributed by atoms with E-state index in [4.69, 9.17) is 11.1 Å². The highest BCUT2D eigenvalue weighted by Gasteiger charge is 2.36. The number of nitrogens with zero attached hydrogens (tertiary/aromatic N) is 1. The zero-order chi connectivity index (χ0) is 20.0. The Bertz CT molecular complexity index is 700. The van der Waals surface area contributed by atoms with Gasteiger partial charge in [0.25, 0.3) is 0 Å². The van der Waals surface area contributed by atoms with Crippen LogP contribution in [0.5, 0.6) is 0 Å². The molecule has 1 aliphatic rings. The minimum absolute atomic E-state index is 0.0802. The highest BCUT2D eigenvalue weighted by Crippen LogP contribution is 2.20. The van der Waals surface area contributed by atoms with Gasteiger partial charge < -0.3 is 16.0 Å². The maximum absolute atomic E-state index is 12.6. The third-order valence-electron chi connectivity index (χ3n) is 4.73. The molecule has 1 saturated heterocycles. The molecule has 7 heteroatoms. The molecule has 0 spiro atoms. The third kappa shape index (κ3) is 5.47. The predicted molar refractivity (Wildman–Crippen MR) is 103 cm³/mol. The lowest BCUT2D eigenvalue weighted by Crippen LogP contribution is -2.51.